The van der Waals surface area contributed by atoms with Gasteiger partial charge in [-0.05, 0) is 87.6 Å². The number of fused-ring (bicyclic) bond motifs is 1. The van der Waals surface area contributed by atoms with Gasteiger partial charge in [-0.3, -0.25) is 14.9 Å². The Morgan fingerprint density at radius 3 is 2.45 bits per heavy atom. The minimum atomic E-state index is -1.11. The molecule has 7 nitrogen and oxygen atoms in total. The second kappa shape index (κ2) is 11.8. The number of aliphatic carboxylic acids is 1. The number of piperidine rings is 1. The fourth-order valence-electron chi connectivity index (χ4n) is 6.41. The van der Waals surface area contributed by atoms with Crippen molar-refractivity contribution in [3.05, 3.63) is 76.4 Å². The number of pyridine rings is 2. The van der Waals surface area contributed by atoms with Gasteiger partial charge in [0.1, 0.15) is 0 Å². The van der Waals surface area contributed by atoms with Crippen molar-refractivity contribution in [1.82, 2.24) is 14.9 Å². The minimum absolute atomic E-state index is 0.259. The van der Waals surface area contributed by atoms with E-state index < -0.39 is 17.7 Å². The molecule has 2 aliphatic rings. The quantitative estimate of drug-likeness (QED) is 0.332. The highest BCUT2D eigenvalue weighted by molar-refractivity contribution is 5.88. The first kappa shape index (κ1) is 30.2. The van der Waals surface area contributed by atoms with Crippen LogP contribution in [0.1, 0.15) is 87.2 Å². The second-order valence-corrected chi connectivity index (χ2v) is 13.8. The molecule has 1 unspecified atom stereocenters. The van der Waals surface area contributed by atoms with Gasteiger partial charge in [0, 0.05) is 67.6 Å². The first-order valence-electron chi connectivity index (χ1n) is 15.2. The van der Waals surface area contributed by atoms with Crippen LogP contribution in [0.5, 0.6) is 0 Å². The number of hydrogen-bond donors (Lipinski definition) is 1. The van der Waals surface area contributed by atoms with Crippen molar-refractivity contribution in [3.63, 3.8) is 0 Å². The molecule has 2 aliphatic heterocycles. The van der Waals surface area contributed by atoms with Crippen LogP contribution in [-0.4, -0.2) is 51.2 Å². The van der Waals surface area contributed by atoms with Gasteiger partial charge < -0.3 is 14.7 Å². The molecule has 0 spiro atoms. The van der Waals surface area contributed by atoms with Gasteiger partial charge >= 0.3 is 5.97 Å². The highest BCUT2D eigenvalue weighted by atomic mass is 16.5. The fraction of sp³-hybridized carbons (Fsp3) is 0.514. The monoisotopic (exact) mass is 570 g/mol. The van der Waals surface area contributed by atoms with Crippen molar-refractivity contribution in [3.8, 4) is 11.1 Å². The second-order valence-electron chi connectivity index (χ2n) is 13.8. The Bertz CT molecular complexity index is 1430. The molecule has 4 heterocycles. The normalized spacial score (nSPS) is 18.0. The van der Waals surface area contributed by atoms with E-state index in [2.05, 4.69) is 59.8 Å². The standard InChI is InChI=1S/C35H46N4O3/c1-23-29(27-10-11-28-22-38(16-12-26(28)19-27)21-25-9-8-15-36-20-25)31(39-17-13-35(6,7)14-18-39)30(24(2)37-23)32(33(40)41)42-34(3,4)5/h8-11,15,19-20,32H,12-14,16-18,21-22H2,1-7H3,(H,40,41). The van der Waals surface area contributed by atoms with E-state index in [1.165, 1.54) is 16.7 Å². The van der Waals surface area contributed by atoms with E-state index in [0.29, 0.717) is 5.56 Å². The van der Waals surface area contributed by atoms with E-state index in [9.17, 15) is 9.90 Å². The number of hydrogen-bond acceptors (Lipinski definition) is 6. The molecule has 0 amide bonds. The van der Waals surface area contributed by atoms with Gasteiger partial charge in [0.05, 0.1) is 11.3 Å². The van der Waals surface area contributed by atoms with E-state index >= 15 is 0 Å². The molecule has 7 heteroatoms. The lowest BCUT2D eigenvalue weighted by atomic mass is 9.81. The zero-order valence-electron chi connectivity index (χ0n) is 26.3. The summed E-state index contributed by atoms with van der Waals surface area (Å²) >= 11 is 0. The number of aryl methyl sites for hydroxylation is 2. The summed E-state index contributed by atoms with van der Waals surface area (Å²) in [7, 11) is 0. The maximum atomic E-state index is 12.8. The number of nitrogens with zero attached hydrogens (tertiary/aromatic N) is 4. The number of benzene rings is 1. The zero-order valence-corrected chi connectivity index (χ0v) is 26.3. The summed E-state index contributed by atoms with van der Waals surface area (Å²) < 4.78 is 6.24. The molecule has 224 valence electrons. The zero-order chi connectivity index (χ0) is 30.2. The Labute approximate surface area is 250 Å². The van der Waals surface area contributed by atoms with Crippen molar-refractivity contribution >= 4 is 11.7 Å². The Morgan fingerprint density at radius 1 is 1.07 bits per heavy atom. The summed E-state index contributed by atoms with van der Waals surface area (Å²) in [4.78, 5) is 26.9. The van der Waals surface area contributed by atoms with E-state index in [0.717, 1.165) is 80.2 Å². The highest BCUT2D eigenvalue weighted by Crippen LogP contribution is 2.45. The van der Waals surface area contributed by atoms with Gasteiger partial charge in [0.2, 0.25) is 0 Å². The molecular formula is C35H46N4O3. The van der Waals surface area contributed by atoms with Crippen LogP contribution in [0.3, 0.4) is 0 Å². The van der Waals surface area contributed by atoms with Crippen LogP contribution in [0.15, 0.2) is 42.7 Å². The summed E-state index contributed by atoms with van der Waals surface area (Å²) in [6.45, 7) is 18.8. The number of rotatable bonds is 7. The SMILES string of the molecule is Cc1nc(C)c(C(OC(C)(C)C)C(=O)O)c(N2CCC(C)(C)CC2)c1-c1ccc2c(c1)CCN(Cc1cccnc1)C2. The number of aromatic nitrogens is 2. The molecular weight excluding hydrogens is 524 g/mol. The Kier molecular flexibility index (Phi) is 8.46. The van der Waals surface area contributed by atoms with Crippen molar-refractivity contribution in [2.45, 2.75) is 92.5 Å². The lowest BCUT2D eigenvalue weighted by Crippen LogP contribution is -2.39. The van der Waals surface area contributed by atoms with Crippen LogP contribution in [0.2, 0.25) is 0 Å². The van der Waals surface area contributed by atoms with Crippen molar-refractivity contribution < 1.29 is 14.6 Å². The smallest absolute Gasteiger partial charge is 0.337 e. The number of anilines is 1. The van der Waals surface area contributed by atoms with Crippen molar-refractivity contribution in [2.24, 2.45) is 5.41 Å². The van der Waals surface area contributed by atoms with Gasteiger partial charge in [0.25, 0.3) is 0 Å². The van der Waals surface area contributed by atoms with Crippen LogP contribution in [0.25, 0.3) is 11.1 Å². The van der Waals surface area contributed by atoms with Crippen LogP contribution < -0.4 is 4.90 Å². The molecule has 0 radical (unpaired) electrons. The minimum Gasteiger partial charge on any atom is -0.479 e. The van der Waals surface area contributed by atoms with Crippen LogP contribution >= 0.6 is 0 Å². The molecule has 1 saturated heterocycles. The maximum absolute atomic E-state index is 12.8. The van der Waals surface area contributed by atoms with E-state index in [1.807, 2.05) is 46.2 Å². The van der Waals surface area contributed by atoms with Gasteiger partial charge in [-0.1, -0.05) is 38.1 Å². The molecule has 42 heavy (non-hydrogen) atoms. The topological polar surface area (TPSA) is 78.8 Å². The molecule has 5 rings (SSSR count). The molecule has 0 aliphatic carbocycles. The lowest BCUT2D eigenvalue weighted by molar-refractivity contribution is -0.160. The third kappa shape index (κ3) is 6.68. The summed E-state index contributed by atoms with van der Waals surface area (Å²) in [6.07, 6.45) is 5.70. The molecule has 0 saturated carbocycles. The van der Waals surface area contributed by atoms with Crippen LogP contribution in [0, 0.1) is 19.3 Å². The predicted molar refractivity (Wildman–Crippen MR) is 168 cm³/mol. The van der Waals surface area contributed by atoms with E-state index in [-0.39, 0.29) is 5.41 Å². The largest absolute Gasteiger partial charge is 0.479 e. The van der Waals surface area contributed by atoms with E-state index in [1.54, 1.807) is 0 Å². The van der Waals surface area contributed by atoms with Gasteiger partial charge in [-0.15, -0.1) is 0 Å². The number of ether oxygens (including phenoxy) is 1. The maximum Gasteiger partial charge on any atom is 0.337 e. The average Bonchev–Trinajstić information content (AvgIpc) is 2.91. The summed E-state index contributed by atoms with van der Waals surface area (Å²) in [5.74, 6) is -0.984. The van der Waals surface area contributed by atoms with Crippen LogP contribution in [0.4, 0.5) is 5.69 Å². The van der Waals surface area contributed by atoms with Crippen molar-refractivity contribution in [1.29, 1.82) is 0 Å². The summed E-state index contributed by atoms with van der Waals surface area (Å²) in [6, 6.07) is 10.9. The van der Waals surface area contributed by atoms with Gasteiger partial charge in [-0.25, -0.2) is 4.79 Å². The van der Waals surface area contributed by atoms with Crippen molar-refractivity contribution in [2.75, 3.05) is 24.5 Å². The molecule has 0 bridgehead atoms. The summed E-state index contributed by atoms with van der Waals surface area (Å²) in [5, 5.41) is 10.5. The molecule has 3 aromatic rings. The summed E-state index contributed by atoms with van der Waals surface area (Å²) in [5.41, 5.74) is 8.97. The first-order chi connectivity index (χ1) is 19.8. The third-order valence-electron chi connectivity index (χ3n) is 8.69. The Balaban J connectivity index is 1.58. The predicted octanol–water partition coefficient (Wildman–Crippen LogP) is 6.89. The van der Waals surface area contributed by atoms with E-state index in [4.69, 9.17) is 9.72 Å². The third-order valence-corrected chi connectivity index (χ3v) is 8.69. The first-order valence-corrected chi connectivity index (χ1v) is 15.2. The van der Waals surface area contributed by atoms with Gasteiger partial charge in [0.15, 0.2) is 6.10 Å². The Hall–Kier alpha value is -3.29. The molecule has 1 atom stereocenters. The molecule has 1 N–H and O–H groups in total. The van der Waals surface area contributed by atoms with Gasteiger partial charge in [-0.2, -0.15) is 0 Å². The number of carbonyl (C=O) groups is 1. The number of carboxylic acid groups (broad SMARTS) is 1. The van der Waals surface area contributed by atoms with Crippen LogP contribution in [-0.2, 0) is 29.0 Å². The Morgan fingerprint density at radius 2 is 1.81 bits per heavy atom. The number of carboxylic acids is 1. The molecule has 1 fully saturated rings. The highest BCUT2D eigenvalue weighted by Gasteiger charge is 2.36. The molecule has 2 aromatic heterocycles. The lowest BCUT2D eigenvalue weighted by Gasteiger charge is -2.41. The fourth-order valence-corrected chi connectivity index (χ4v) is 6.41. The molecule has 1 aromatic carbocycles. The average molecular weight is 571 g/mol.